The molecule has 14 heavy (non-hydrogen) atoms. The summed E-state index contributed by atoms with van der Waals surface area (Å²) in [6, 6.07) is 0. The summed E-state index contributed by atoms with van der Waals surface area (Å²) in [5, 5.41) is 3.19. The lowest BCUT2D eigenvalue weighted by molar-refractivity contribution is -0.125. The quantitative estimate of drug-likeness (QED) is 0.497. The first kappa shape index (κ1) is 9.08. The summed E-state index contributed by atoms with van der Waals surface area (Å²) in [5.41, 5.74) is 8.60. The Hall–Kier alpha value is -1.49. The first-order valence-corrected chi connectivity index (χ1v) is 4.58. The standard InChI is InChI=1S/C9H14N4O/c1-13(2)9(14)8-6-5-10-4-3-7(6)11-12-8/h3,10-12H,4-5H2,1-2H3. The van der Waals surface area contributed by atoms with Gasteiger partial charge in [0.2, 0.25) is 0 Å². The van der Waals surface area contributed by atoms with E-state index in [4.69, 9.17) is 0 Å². The van der Waals surface area contributed by atoms with Gasteiger partial charge in [0.05, 0.1) is 5.70 Å². The van der Waals surface area contributed by atoms with Gasteiger partial charge in [0.15, 0.2) is 0 Å². The lowest BCUT2D eigenvalue weighted by Gasteiger charge is -2.13. The predicted octanol–water partition coefficient (Wildman–Crippen LogP) is -1.08. The highest BCUT2D eigenvalue weighted by Crippen LogP contribution is 2.18. The molecule has 0 radical (unpaired) electrons. The number of hydrogen-bond donors (Lipinski definition) is 3. The van der Waals surface area contributed by atoms with Crippen LogP contribution in [-0.2, 0) is 4.79 Å². The highest BCUT2D eigenvalue weighted by Gasteiger charge is 2.26. The molecule has 0 saturated carbocycles. The monoisotopic (exact) mass is 194 g/mol. The Kier molecular flexibility index (Phi) is 2.17. The molecule has 0 aliphatic carbocycles. The van der Waals surface area contributed by atoms with Crippen LogP contribution in [0.4, 0.5) is 0 Å². The number of fused-ring (bicyclic) bond motifs is 1. The van der Waals surface area contributed by atoms with Crippen LogP contribution in [0.5, 0.6) is 0 Å². The fourth-order valence-corrected chi connectivity index (χ4v) is 1.55. The third kappa shape index (κ3) is 1.35. The fourth-order valence-electron chi connectivity index (χ4n) is 1.55. The van der Waals surface area contributed by atoms with Crippen LogP contribution >= 0.6 is 0 Å². The van der Waals surface area contributed by atoms with Gasteiger partial charge in [-0.25, -0.2) is 0 Å². The van der Waals surface area contributed by atoms with Crippen molar-refractivity contribution in [1.29, 1.82) is 0 Å². The van der Waals surface area contributed by atoms with E-state index >= 15 is 0 Å². The number of hydrazine groups is 1. The lowest BCUT2D eigenvalue weighted by Crippen LogP contribution is -2.33. The van der Waals surface area contributed by atoms with E-state index in [-0.39, 0.29) is 5.91 Å². The molecule has 76 valence electrons. The van der Waals surface area contributed by atoms with E-state index in [1.807, 2.05) is 6.08 Å². The van der Waals surface area contributed by atoms with Crippen molar-refractivity contribution in [3.8, 4) is 0 Å². The molecule has 1 amide bonds. The Balaban J connectivity index is 2.31. The van der Waals surface area contributed by atoms with Gasteiger partial charge in [-0.2, -0.15) is 0 Å². The van der Waals surface area contributed by atoms with E-state index in [9.17, 15) is 4.79 Å². The molecule has 0 saturated heterocycles. The molecule has 2 rings (SSSR count). The van der Waals surface area contributed by atoms with Gasteiger partial charge in [0.25, 0.3) is 5.91 Å². The topological polar surface area (TPSA) is 56.4 Å². The van der Waals surface area contributed by atoms with Gasteiger partial charge >= 0.3 is 0 Å². The average Bonchev–Trinajstić information content (AvgIpc) is 2.60. The lowest BCUT2D eigenvalue weighted by atomic mass is 10.1. The molecule has 0 bridgehead atoms. The molecular weight excluding hydrogens is 180 g/mol. The van der Waals surface area contributed by atoms with E-state index in [1.165, 1.54) is 0 Å². The maximum absolute atomic E-state index is 11.7. The zero-order valence-corrected chi connectivity index (χ0v) is 8.35. The number of nitrogens with one attached hydrogen (secondary N) is 3. The van der Waals surface area contributed by atoms with Crippen LogP contribution in [0, 0.1) is 0 Å². The fraction of sp³-hybridized carbons (Fsp3) is 0.444. The molecule has 0 fully saturated rings. The van der Waals surface area contributed by atoms with Gasteiger partial charge in [-0.05, 0) is 6.08 Å². The van der Waals surface area contributed by atoms with Gasteiger partial charge in [-0.15, -0.1) is 0 Å². The highest BCUT2D eigenvalue weighted by atomic mass is 16.2. The maximum Gasteiger partial charge on any atom is 0.271 e. The third-order valence-corrected chi connectivity index (χ3v) is 2.32. The van der Waals surface area contributed by atoms with Crippen LogP contribution in [-0.4, -0.2) is 38.0 Å². The molecule has 5 nitrogen and oxygen atoms in total. The third-order valence-electron chi connectivity index (χ3n) is 2.32. The second-order valence-corrected chi connectivity index (χ2v) is 3.55. The molecule has 2 heterocycles. The van der Waals surface area contributed by atoms with Crippen LogP contribution in [0.1, 0.15) is 0 Å². The zero-order chi connectivity index (χ0) is 10.1. The normalized spacial score (nSPS) is 19.4. The first-order valence-electron chi connectivity index (χ1n) is 4.58. The Bertz CT molecular complexity index is 330. The van der Waals surface area contributed by atoms with Gasteiger partial charge in [-0.3, -0.25) is 10.2 Å². The number of amides is 1. The summed E-state index contributed by atoms with van der Waals surface area (Å²) in [4.78, 5) is 13.3. The van der Waals surface area contributed by atoms with E-state index in [1.54, 1.807) is 19.0 Å². The van der Waals surface area contributed by atoms with E-state index < -0.39 is 0 Å². The minimum atomic E-state index is -0.000370. The smallest absolute Gasteiger partial charge is 0.271 e. The zero-order valence-electron chi connectivity index (χ0n) is 8.35. The second-order valence-electron chi connectivity index (χ2n) is 3.55. The number of hydrogen-bond acceptors (Lipinski definition) is 4. The molecular formula is C9H14N4O. The van der Waals surface area contributed by atoms with Crippen molar-refractivity contribution in [1.82, 2.24) is 21.1 Å². The summed E-state index contributed by atoms with van der Waals surface area (Å²) >= 11 is 0. The van der Waals surface area contributed by atoms with Crippen LogP contribution < -0.4 is 16.2 Å². The number of carbonyl (C=O) groups excluding carboxylic acids is 1. The Morgan fingerprint density at radius 2 is 2.21 bits per heavy atom. The van der Waals surface area contributed by atoms with Crippen LogP contribution in [0.15, 0.2) is 23.0 Å². The Labute approximate surface area is 82.8 Å². The van der Waals surface area contributed by atoms with Crippen molar-refractivity contribution in [2.24, 2.45) is 0 Å². The van der Waals surface area contributed by atoms with Crippen LogP contribution in [0.2, 0.25) is 0 Å². The molecule has 0 aromatic carbocycles. The molecule has 0 atom stereocenters. The summed E-state index contributed by atoms with van der Waals surface area (Å²) < 4.78 is 0. The molecule has 5 heteroatoms. The summed E-state index contributed by atoms with van der Waals surface area (Å²) in [5.74, 6) is -0.000370. The van der Waals surface area contributed by atoms with Crippen molar-refractivity contribution in [2.45, 2.75) is 0 Å². The van der Waals surface area contributed by atoms with Crippen LogP contribution in [0.25, 0.3) is 0 Å². The summed E-state index contributed by atoms with van der Waals surface area (Å²) in [6.45, 7) is 1.58. The number of carbonyl (C=O) groups is 1. The van der Waals surface area contributed by atoms with Crippen molar-refractivity contribution in [3.05, 3.63) is 23.0 Å². The van der Waals surface area contributed by atoms with Gasteiger partial charge < -0.3 is 15.6 Å². The van der Waals surface area contributed by atoms with E-state index in [0.717, 1.165) is 24.4 Å². The van der Waals surface area contributed by atoms with Crippen molar-refractivity contribution < 1.29 is 4.79 Å². The molecule has 2 aliphatic heterocycles. The molecule has 0 aromatic heterocycles. The van der Waals surface area contributed by atoms with Crippen molar-refractivity contribution in [2.75, 3.05) is 27.2 Å². The summed E-state index contributed by atoms with van der Waals surface area (Å²) in [7, 11) is 3.49. The number of likely N-dealkylation sites (N-methyl/N-ethyl adjacent to an activating group) is 1. The average molecular weight is 194 g/mol. The SMILES string of the molecule is CN(C)C(=O)C1=C2CNCC=C2NN1. The van der Waals surface area contributed by atoms with E-state index in [0.29, 0.717) is 5.70 Å². The van der Waals surface area contributed by atoms with Crippen molar-refractivity contribution in [3.63, 3.8) is 0 Å². The minimum Gasteiger partial charge on any atom is -0.343 e. The van der Waals surface area contributed by atoms with Crippen molar-refractivity contribution >= 4 is 5.91 Å². The second kappa shape index (κ2) is 3.34. The molecule has 0 spiro atoms. The predicted molar refractivity (Wildman–Crippen MR) is 52.9 cm³/mol. The van der Waals surface area contributed by atoms with E-state index in [2.05, 4.69) is 16.2 Å². The van der Waals surface area contributed by atoms with Gasteiger partial charge in [0.1, 0.15) is 5.70 Å². The first-order chi connectivity index (χ1) is 6.70. The Morgan fingerprint density at radius 1 is 1.43 bits per heavy atom. The largest absolute Gasteiger partial charge is 0.343 e. The number of rotatable bonds is 1. The van der Waals surface area contributed by atoms with Gasteiger partial charge in [0, 0.05) is 32.8 Å². The highest BCUT2D eigenvalue weighted by molar-refractivity contribution is 5.94. The maximum atomic E-state index is 11.7. The number of nitrogens with zero attached hydrogens (tertiary/aromatic N) is 1. The van der Waals surface area contributed by atoms with Crippen LogP contribution in [0.3, 0.4) is 0 Å². The van der Waals surface area contributed by atoms with Gasteiger partial charge in [-0.1, -0.05) is 0 Å². The summed E-state index contributed by atoms with van der Waals surface area (Å²) in [6.07, 6.45) is 2.03. The molecule has 3 N–H and O–H groups in total. The Morgan fingerprint density at radius 3 is 2.93 bits per heavy atom. The molecule has 2 aliphatic rings. The minimum absolute atomic E-state index is 0.000370. The molecule has 0 aromatic rings. The molecule has 0 unspecified atom stereocenters.